The Hall–Kier alpha value is -0.160. The first-order valence-electron chi connectivity index (χ1n) is 4.94. The van der Waals surface area contributed by atoms with Crippen LogP contribution in [0.25, 0.3) is 0 Å². The third-order valence-electron chi connectivity index (χ3n) is 1.95. The van der Waals surface area contributed by atoms with Crippen molar-refractivity contribution in [2.45, 2.75) is 57.3 Å². The van der Waals surface area contributed by atoms with Gasteiger partial charge in [0.25, 0.3) is 0 Å². The Labute approximate surface area is 81.0 Å². The highest BCUT2D eigenvalue weighted by molar-refractivity contribution is 4.75. The largest absolute Gasteiger partial charge is 0.328 e. The zero-order chi connectivity index (χ0) is 10.4. The molecule has 4 nitrogen and oxygen atoms in total. The van der Waals surface area contributed by atoms with Crippen molar-refractivity contribution in [1.29, 1.82) is 0 Å². The van der Waals surface area contributed by atoms with E-state index in [4.69, 9.17) is 22.9 Å². The van der Waals surface area contributed by atoms with Gasteiger partial charge in [-0.05, 0) is 33.1 Å². The zero-order valence-corrected chi connectivity index (χ0v) is 8.74. The molecule has 0 aliphatic rings. The molecule has 0 spiro atoms. The van der Waals surface area contributed by atoms with Crippen molar-refractivity contribution in [3.8, 4) is 0 Å². The standard InChI is InChI=1S/C9H24N4/c1-6(10)3-8(12)5-9(13)4-7(2)11/h6-9H,3-5,10-13H2,1-2H3. The highest BCUT2D eigenvalue weighted by Gasteiger charge is 2.12. The second-order valence-electron chi connectivity index (χ2n) is 4.18. The molecule has 0 aromatic heterocycles. The summed E-state index contributed by atoms with van der Waals surface area (Å²) >= 11 is 0. The van der Waals surface area contributed by atoms with E-state index in [1.807, 2.05) is 13.8 Å². The van der Waals surface area contributed by atoms with Gasteiger partial charge in [-0.25, -0.2) is 0 Å². The molecule has 4 heteroatoms. The van der Waals surface area contributed by atoms with Crippen LogP contribution in [0.3, 0.4) is 0 Å². The van der Waals surface area contributed by atoms with Crippen molar-refractivity contribution in [3.05, 3.63) is 0 Å². The molecular formula is C9H24N4. The molecule has 8 N–H and O–H groups in total. The molecule has 0 aromatic rings. The summed E-state index contributed by atoms with van der Waals surface area (Å²) in [5.41, 5.74) is 23.0. The Morgan fingerprint density at radius 3 is 1.23 bits per heavy atom. The SMILES string of the molecule is CC(N)CC(N)CC(N)CC(C)N. The Morgan fingerprint density at radius 2 is 1.00 bits per heavy atom. The summed E-state index contributed by atoms with van der Waals surface area (Å²) < 4.78 is 0. The quantitative estimate of drug-likeness (QED) is 0.451. The lowest BCUT2D eigenvalue weighted by Gasteiger charge is -2.19. The predicted molar refractivity (Wildman–Crippen MR) is 57.1 cm³/mol. The normalized spacial score (nSPS) is 20.8. The first-order valence-corrected chi connectivity index (χ1v) is 4.94. The molecule has 0 radical (unpaired) electrons. The minimum absolute atomic E-state index is 0.105. The maximum Gasteiger partial charge on any atom is 0.00681 e. The molecule has 0 saturated heterocycles. The van der Waals surface area contributed by atoms with Gasteiger partial charge in [0.15, 0.2) is 0 Å². The Kier molecular flexibility index (Phi) is 6.24. The van der Waals surface area contributed by atoms with Crippen molar-refractivity contribution in [2.75, 3.05) is 0 Å². The van der Waals surface area contributed by atoms with E-state index in [1.165, 1.54) is 0 Å². The second kappa shape index (κ2) is 6.32. The molecule has 4 unspecified atom stereocenters. The lowest BCUT2D eigenvalue weighted by Crippen LogP contribution is -2.38. The molecule has 0 bridgehead atoms. The van der Waals surface area contributed by atoms with Crippen LogP contribution in [0.15, 0.2) is 0 Å². The van der Waals surface area contributed by atoms with E-state index in [1.54, 1.807) is 0 Å². The molecule has 0 aromatic carbocycles. The molecule has 0 aliphatic heterocycles. The minimum Gasteiger partial charge on any atom is -0.328 e. The van der Waals surface area contributed by atoms with E-state index in [-0.39, 0.29) is 24.2 Å². The molecule has 0 amide bonds. The van der Waals surface area contributed by atoms with E-state index in [0.717, 1.165) is 19.3 Å². The van der Waals surface area contributed by atoms with Crippen molar-refractivity contribution < 1.29 is 0 Å². The molecule has 13 heavy (non-hydrogen) atoms. The van der Waals surface area contributed by atoms with E-state index < -0.39 is 0 Å². The van der Waals surface area contributed by atoms with Gasteiger partial charge in [0, 0.05) is 24.2 Å². The highest BCUT2D eigenvalue weighted by atomic mass is 14.7. The van der Waals surface area contributed by atoms with Crippen LogP contribution in [-0.4, -0.2) is 24.2 Å². The summed E-state index contributed by atoms with van der Waals surface area (Å²) in [7, 11) is 0. The fraction of sp³-hybridized carbons (Fsp3) is 1.00. The molecule has 0 rings (SSSR count). The van der Waals surface area contributed by atoms with Crippen molar-refractivity contribution in [3.63, 3.8) is 0 Å². The summed E-state index contributed by atoms with van der Waals surface area (Å²) in [6.45, 7) is 3.91. The number of hydrogen-bond donors (Lipinski definition) is 4. The van der Waals surface area contributed by atoms with E-state index in [2.05, 4.69) is 0 Å². The third-order valence-corrected chi connectivity index (χ3v) is 1.95. The van der Waals surface area contributed by atoms with Gasteiger partial charge in [-0.2, -0.15) is 0 Å². The molecule has 80 valence electrons. The molecular weight excluding hydrogens is 164 g/mol. The molecule has 0 heterocycles. The molecule has 0 fully saturated rings. The first kappa shape index (κ1) is 12.8. The highest BCUT2D eigenvalue weighted by Crippen LogP contribution is 2.04. The lowest BCUT2D eigenvalue weighted by molar-refractivity contribution is 0.436. The van der Waals surface area contributed by atoms with Crippen molar-refractivity contribution in [2.24, 2.45) is 22.9 Å². The maximum atomic E-state index is 5.85. The van der Waals surface area contributed by atoms with Crippen molar-refractivity contribution >= 4 is 0 Å². The van der Waals surface area contributed by atoms with E-state index in [9.17, 15) is 0 Å². The van der Waals surface area contributed by atoms with Gasteiger partial charge in [0.1, 0.15) is 0 Å². The monoisotopic (exact) mass is 188 g/mol. The Bertz CT molecular complexity index is 111. The van der Waals surface area contributed by atoms with Crippen LogP contribution in [0.4, 0.5) is 0 Å². The van der Waals surface area contributed by atoms with Crippen LogP contribution < -0.4 is 22.9 Å². The third kappa shape index (κ3) is 8.18. The van der Waals surface area contributed by atoms with Gasteiger partial charge in [-0.1, -0.05) is 0 Å². The van der Waals surface area contributed by atoms with Gasteiger partial charge in [0.2, 0.25) is 0 Å². The summed E-state index contributed by atoms with van der Waals surface area (Å²) in [5, 5.41) is 0. The fourth-order valence-corrected chi connectivity index (χ4v) is 1.54. The molecule has 4 atom stereocenters. The Balaban J connectivity index is 3.58. The fourth-order valence-electron chi connectivity index (χ4n) is 1.54. The maximum absolute atomic E-state index is 5.85. The van der Waals surface area contributed by atoms with Crippen LogP contribution in [0.1, 0.15) is 33.1 Å². The van der Waals surface area contributed by atoms with Crippen molar-refractivity contribution in [1.82, 2.24) is 0 Å². The van der Waals surface area contributed by atoms with Crippen LogP contribution in [0.2, 0.25) is 0 Å². The van der Waals surface area contributed by atoms with Gasteiger partial charge >= 0.3 is 0 Å². The van der Waals surface area contributed by atoms with E-state index >= 15 is 0 Å². The molecule has 0 aliphatic carbocycles. The number of nitrogens with two attached hydrogens (primary N) is 4. The van der Waals surface area contributed by atoms with Crippen LogP contribution in [0, 0.1) is 0 Å². The smallest absolute Gasteiger partial charge is 0.00681 e. The summed E-state index contributed by atoms with van der Waals surface area (Å²) in [4.78, 5) is 0. The number of rotatable bonds is 6. The van der Waals surface area contributed by atoms with Crippen LogP contribution in [0.5, 0.6) is 0 Å². The number of hydrogen-bond acceptors (Lipinski definition) is 4. The topological polar surface area (TPSA) is 104 Å². The van der Waals surface area contributed by atoms with E-state index in [0.29, 0.717) is 0 Å². The molecule has 0 saturated carbocycles. The first-order chi connectivity index (χ1) is 5.91. The van der Waals surface area contributed by atoms with Gasteiger partial charge in [0.05, 0.1) is 0 Å². The van der Waals surface area contributed by atoms with Crippen LogP contribution in [-0.2, 0) is 0 Å². The Morgan fingerprint density at radius 1 is 0.692 bits per heavy atom. The van der Waals surface area contributed by atoms with Crippen LogP contribution >= 0.6 is 0 Å². The summed E-state index contributed by atoms with van der Waals surface area (Å²) in [5.74, 6) is 0. The minimum atomic E-state index is 0.105. The van der Waals surface area contributed by atoms with Gasteiger partial charge in [-0.3, -0.25) is 0 Å². The average Bonchev–Trinajstić information content (AvgIpc) is 1.80. The summed E-state index contributed by atoms with van der Waals surface area (Å²) in [6.07, 6.45) is 2.46. The lowest BCUT2D eigenvalue weighted by atomic mass is 9.98. The summed E-state index contributed by atoms with van der Waals surface area (Å²) in [6, 6.07) is 0.512. The second-order valence-corrected chi connectivity index (χ2v) is 4.18. The zero-order valence-electron chi connectivity index (χ0n) is 8.74. The average molecular weight is 188 g/mol. The van der Waals surface area contributed by atoms with Gasteiger partial charge < -0.3 is 22.9 Å². The van der Waals surface area contributed by atoms with Gasteiger partial charge in [-0.15, -0.1) is 0 Å². The predicted octanol–water partition coefficient (Wildman–Crippen LogP) is -0.494.